The number of hydrogen-bond acceptors (Lipinski definition) is 2. The van der Waals surface area contributed by atoms with Gasteiger partial charge in [-0.1, -0.05) is 35.4 Å². The minimum atomic E-state index is 0.246. The van der Waals surface area contributed by atoms with Gasteiger partial charge in [-0.2, -0.15) is 4.94 Å². The lowest BCUT2D eigenvalue weighted by Gasteiger charge is -2.25. The molecule has 3 rings (SSSR count). The highest BCUT2D eigenvalue weighted by molar-refractivity contribution is 5.76. The van der Waals surface area contributed by atoms with Crippen LogP contribution in [0.5, 0.6) is 0 Å². The van der Waals surface area contributed by atoms with Crippen LogP contribution in [0.25, 0.3) is 5.69 Å². The second-order valence-electron chi connectivity index (χ2n) is 7.07. The Bertz CT molecular complexity index is 860. The molecule has 2 aromatic carbocycles. The summed E-state index contributed by atoms with van der Waals surface area (Å²) in [5, 5.41) is 2.01. The van der Waals surface area contributed by atoms with Crippen LogP contribution in [0.2, 0.25) is 0 Å². The average Bonchev–Trinajstić information content (AvgIpc) is 3.20. The molecule has 0 radical (unpaired) electrons. The smallest absolute Gasteiger partial charge is 0.283 e. The molecule has 1 aromatic heterocycles. The summed E-state index contributed by atoms with van der Waals surface area (Å²) in [6, 6.07) is 23.0. The summed E-state index contributed by atoms with van der Waals surface area (Å²) in [6.45, 7) is 8.55. The van der Waals surface area contributed by atoms with Gasteiger partial charge >= 0.3 is 0 Å². The molecule has 0 aliphatic carbocycles. The Labute approximate surface area is 161 Å². The zero-order valence-electron chi connectivity index (χ0n) is 16.5. The fourth-order valence-corrected chi connectivity index (χ4v) is 3.06. The van der Waals surface area contributed by atoms with E-state index < -0.39 is 0 Å². The van der Waals surface area contributed by atoms with Gasteiger partial charge in [0.25, 0.3) is 5.69 Å². The molecule has 0 unspecified atom stereocenters. The molecule has 140 valence electrons. The lowest BCUT2D eigenvalue weighted by Crippen LogP contribution is -2.39. The van der Waals surface area contributed by atoms with Gasteiger partial charge in [0, 0.05) is 40.8 Å². The summed E-state index contributed by atoms with van der Waals surface area (Å²) >= 11 is 0. The van der Waals surface area contributed by atoms with Crippen LogP contribution in [0.4, 0.5) is 5.69 Å². The molecule has 0 aliphatic heterocycles. The number of hydrogen-bond donors (Lipinski definition) is 0. The maximum atomic E-state index is 6.40. The molecule has 0 bridgehead atoms. The molecule has 27 heavy (non-hydrogen) atoms. The minimum Gasteiger partial charge on any atom is -0.318 e. The van der Waals surface area contributed by atoms with Crippen LogP contribution in [0.3, 0.4) is 0 Å². The van der Waals surface area contributed by atoms with E-state index in [9.17, 15) is 0 Å². The first-order valence-electron chi connectivity index (χ1n) is 9.44. The summed E-state index contributed by atoms with van der Waals surface area (Å²) in [7, 11) is 0. The Kier molecular flexibility index (Phi) is 6.09. The molecule has 0 amide bonds. The molecule has 1 heterocycles. The van der Waals surface area contributed by atoms with Crippen LogP contribution in [0.1, 0.15) is 33.3 Å². The zero-order chi connectivity index (χ0) is 19.2. The molecular weight excluding hydrogens is 334 g/mol. The average molecular weight is 362 g/mol. The van der Waals surface area contributed by atoms with E-state index in [0.717, 1.165) is 16.9 Å². The van der Waals surface area contributed by atoms with Gasteiger partial charge in [0.2, 0.25) is 6.21 Å². The van der Waals surface area contributed by atoms with E-state index in [1.807, 2.05) is 70.9 Å². The highest BCUT2D eigenvalue weighted by Gasteiger charge is 2.26. The van der Waals surface area contributed by atoms with E-state index in [0.29, 0.717) is 0 Å². The Morgan fingerprint density at radius 3 is 2.04 bits per heavy atom. The molecule has 0 N–H and O–H groups in total. The van der Waals surface area contributed by atoms with E-state index in [1.165, 1.54) is 0 Å². The number of aromatic nitrogens is 1. The van der Waals surface area contributed by atoms with Gasteiger partial charge in [0.05, 0.1) is 0 Å². The molecule has 4 nitrogen and oxygen atoms in total. The van der Waals surface area contributed by atoms with Crippen molar-refractivity contribution in [2.24, 2.45) is 0 Å². The largest absolute Gasteiger partial charge is 0.318 e. The predicted octanol–water partition coefficient (Wildman–Crippen LogP) is 5.21. The SMILES string of the molecule is CC(C)N(O/[N+](=C\c1ccccc1)c1ccccc1-n1cccc1)C(C)C. The molecule has 0 atom stereocenters. The monoisotopic (exact) mass is 362 g/mol. The third kappa shape index (κ3) is 4.66. The Morgan fingerprint density at radius 1 is 0.815 bits per heavy atom. The maximum absolute atomic E-state index is 6.40. The number of para-hydroxylation sites is 2. The van der Waals surface area contributed by atoms with Gasteiger partial charge in [-0.15, -0.1) is 0 Å². The quantitative estimate of drug-likeness (QED) is 0.327. The third-order valence-corrected chi connectivity index (χ3v) is 4.27. The van der Waals surface area contributed by atoms with E-state index in [-0.39, 0.29) is 12.1 Å². The van der Waals surface area contributed by atoms with Gasteiger partial charge < -0.3 is 4.57 Å². The Hall–Kier alpha value is -2.85. The number of rotatable bonds is 7. The first-order valence-corrected chi connectivity index (χ1v) is 9.44. The van der Waals surface area contributed by atoms with Gasteiger partial charge in [-0.3, -0.25) is 0 Å². The first kappa shape index (κ1) is 18.9. The summed E-state index contributed by atoms with van der Waals surface area (Å²) in [5.74, 6) is 0. The highest BCUT2D eigenvalue weighted by Crippen LogP contribution is 2.25. The summed E-state index contributed by atoms with van der Waals surface area (Å²) in [5.41, 5.74) is 3.11. The minimum absolute atomic E-state index is 0.246. The molecule has 0 fully saturated rings. The van der Waals surface area contributed by atoms with E-state index >= 15 is 0 Å². The van der Waals surface area contributed by atoms with Crippen LogP contribution < -0.4 is 0 Å². The van der Waals surface area contributed by atoms with Crippen molar-refractivity contribution >= 4 is 11.9 Å². The van der Waals surface area contributed by atoms with Crippen molar-refractivity contribution < 1.29 is 9.68 Å². The van der Waals surface area contributed by atoms with Crippen LogP contribution in [0, 0.1) is 0 Å². The standard InChI is InChI=1S/C23H28N3O/c1-19(2)26(20(3)4)27-25(18-21-12-6-5-7-13-21)23-15-9-8-14-22(23)24-16-10-11-17-24/h5-20H,1-4H3/q+1/b25-18-. The van der Waals surface area contributed by atoms with Crippen molar-refractivity contribution in [3.63, 3.8) is 0 Å². The molecule has 4 heteroatoms. The maximum Gasteiger partial charge on any atom is 0.283 e. The van der Waals surface area contributed by atoms with E-state index in [2.05, 4.69) is 56.5 Å². The van der Waals surface area contributed by atoms with Gasteiger partial charge in [0.1, 0.15) is 5.69 Å². The predicted molar refractivity (Wildman–Crippen MR) is 110 cm³/mol. The second-order valence-corrected chi connectivity index (χ2v) is 7.07. The van der Waals surface area contributed by atoms with Crippen molar-refractivity contribution in [2.45, 2.75) is 39.8 Å². The highest BCUT2D eigenvalue weighted by atomic mass is 16.8. The number of hydroxylamine groups is 2. The normalized spacial score (nSPS) is 12.2. The van der Waals surface area contributed by atoms with Crippen LogP contribution in [-0.4, -0.2) is 32.7 Å². The third-order valence-electron chi connectivity index (χ3n) is 4.27. The van der Waals surface area contributed by atoms with Crippen molar-refractivity contribution in [3.05, 3.63) is 84.7 Å². The number of nitrogens with zero attached hydrogens (tertiary/aromatic N) is 3. The van der Waals surface area contributed by atoms with Crippen molar-refractivity contribution in [1.29, 1.82) is 0 Å². The van der Waals surface area contributed by atoms with E-state index in [4.69, 9.17) is 4.94 Å². The fourth-order valence-electron chi connectivity index (χ4n) is 3.06. The van der Waals surface area contributed by atoms with Gasteiger partial charge in [0.15, 0.2) is 0 Å². The number of benzene rings is 2. The Morgan fingerprint density at radius 2 is 1.41 bits per heavy atom. The molecule has 0 saturated heterocycles. The molecule has 0 saturated carbocycles. The topological polar surface area (TPSA) is 20.4 Å². The van der Waals surface area contributed by atoms with Crippen molar-refractivity contribution in [2.75, 3.05) is 0 Å². The van der Waals surface area contributed by atoms with Crippen molar-refractivity contribution in [3.8, 4) is 5.69 Å². The van der Waals surface area contributed by atoms with Crippen LogP contribution in [0.15, 0.2) is 79.1 Å². The summed E-state index contributed by atoms with van der Waals surface area (Å²) < 4.78 is 3.96. The van der Waals surface area contributed by atoms with Crippen LogP contribution in [-0.2, 0) is 4.94 Å². The molecular formula is C23H28N3O+. The molecule has 0 spiro atoms. The second kappa shape index (κ2) is 8.69. The summed E-state index contributed by atoms with van der Waals surface area (Å²) in [6.07, 6.45) is 6.12. The van der Waals surface area contributed by atoms with Gasteiger partial charge in [-0.25, -0.2) is 0 Å². The lowest BCUT2D eigenvalue weighted by molar-refractivity contribution is -0.787. The molecule has 0 aliphatic rings. The van der Waals surface area contributed by atoms with Crippen LogP contribution >= 0.6 is 0 Å². The fraction of sp³-hybridized carbons (Fsp3) is 0.261. The lowest BCUT2D eigenvalue weighted by atomic mass is 10.2. The Balaban J connectivity index is 2.10. The summed E-state index contributed by atoms with van der Waals surface area (Å²) in [4.78, 5) is 6.40. The molecule has 3 aromatic rings. The van der Waals surface area contributed by atoms with Crippen molar-refractivity contribution in [1.82, 2.24) is 9.63 Å². The first-order chi connectivity index (χ1) is 13.1. The van der Waals surface area contributed by atoms with E-state index in [1.54, 1.807) is 0 Å². The van der Waals surface area contributed by atoms with Gasteiger partial charge in [-0.05, 0) is 58.0 Å². The zero-order valence-corrected chi connectivity index (χ0v) is 16.5.